The number of rotatable bonds is 8. The Morgan fingerprint density at radius 1 is 1.03 bits per heavy atom. The Hall–Kier alpha value is -4.16. The lowest BCUT2D eigenvalue weighted by Gasteiger charge is -2.23. The molecule has 1 heterocycles. The lowest BCUT2D eigenvalue weighted by molar-refractivity contribution is -0.129. The fourth-order valence-electron chi connectivity index (χ4n) is 3.13. The third-order valence-electron chi connectivity index (χ3n) is 4.75. The summed E-state index contributed by atoms with van der Waals surface area (Å²) in [6.07, 6.45) is 5.99. The Bertz CT molecular complexity index is 1100. The molecule has 3 rings (SSSR count). The first kappa shape index (κ1) is 21.5. The monoisotopic (exact) mass is 410 g/mol. The van der Waals surface area contributed by atoms with Crippen LogP contribution in [0.5, 0.6) is 0 Å². The molecule has 0 unspecified atom stereocenters. The molecule has 6 nitrogen and oxygen atoms in total. The van der Waals surface area contributed by atoms with Crippen LogP contribution in [0.1, 0.15) is 29.5 Å². The van der Waals surface area contributed by atoms with Gasteiger partial charge in [0.2, 0.25) is 5.90 Å². The highest BCUT2D eigenvalue weighted by Gasteiger charge is 2.21. The zero-order valence-electron chi connectivity index (χ0n) is 17.3. The predicted molar refractivity (Wildman–Crippen MR) is 121 cm³/mol. The Morgan fingerprint density at radius 2 is 1.74 bits per heavy atom. The predicted octanol–water partition coefficient (Wildman–Crippen LogP) is 4.64. The van der Waals surface area contributed by atoms with E-state index in [9.17, 15) is 4.79 Å². The summed E-state index contributed by atoms with van der Waals surface area (Å²) in [6.45, 7) is 3.07. The fraction of sp³-hybridized carbons (Fsp3) is 0.200. The third-order valence-corrected chi connectivity index (χ3v) is 4.75. The topological polar surface area (TPSA) is 89.5 Å². The van der Waals surface area contributed by atoms with Gasteiger partial charge in [0.05, 0.1) is 25.0 Å². The molecule has 0 N–H and O–H groups in total. The molecule has 0 atom stereocenters. The van der Waals surface area contributed by atoms with Gasteiger partial charge in [0.15, 0.2) is 5.70 Å². The van der Waals surface area contributed by atoms with Crippen molar-refractivity contribution in [2.45, 2.75) is 19.8 Å². The number of esters is 1. The van der Waals surface area contributed by atoms with Gasteiger partial charge >= 0.3 is 5.97 Å². The summed E-state index contributed by atoms with van der Waals surface area (Å²) < 4.78 is 5.24. The Kier molecular flexibility index (Phi) is 7.35. The normalized spacial score (nSPS) is 14.2. The molecule has 0 radical (unpaired) electrons. The molecule has 0 bridgehead atoms. The number of hydrogen-bond acceptors (Lipinski definition) is 6. The minimum atomic E-state index is -0.485. The quantitative estimate of drug-likeness (QED) is 0.467. The van der Waals surface area contributed by atoms with Crippen molar-refractivity contribution in [1.29, 1.82) is 10.5 Å². The zero-order chi connectivity index (χ0) is 22.1. The van der Waals surface area contributed by atoms with Crippen LogP contribution in [0.25, 0.3) is 12.2 Å². The van der Waals surface area contributed by atoms with E-state index in [0.29, 0.717) is 25.9 Å². The van der Waals surface area contributed by atoms with Gasteiger partial charge in [-0.05, 0) is 47.9 Å². The zero-order valence-corrected chi connectivity index (χ0v) is 17.3. The molecular weight excluding hydrogens is 388 g/mol. The van der Waals surface area contributed by atoms with Crippen LogP contribution in [-0.2, 0) is 9.53 Å². The van der Waals surface area contributed by atoms with Crippen molar-refractivity contribution in [3.63, 3.8) is 0 Å². The molecule has 1 aliphatic rings. The number of cyclic esters (lactones) is 1. The SMILES string of the molecule is Cc1cc(N(CCC#N)CCC#N)ccc1/C=C1N=C(/C=C/c2ccccc2)OC\1=O. The van der Waals surface area contributed by atoms with Gasteiger partial charge in [0, 0.05) is 24.9 Å². The molecule has 1 aliphatic heterocycles. The number of ether oxygens (including phenoxy) is 1. The number of aliphatic imine (C=N–C) groups is 1. The summed E-state index contributed by atoms with van der Waals surface area (Å²) >= 11 is 0. The maximum absolute atomic E-state index is 12.2. The van der Waals surface area contributed by atoms with E-state index in [4.69, 9.17) is 15.3 Å². The molecule has 6 heteroatoms. The van der Waals surface area contributed by atoms with Gasteiger partial charge < -0.3 is 9.64 Å². The lowest BCUT2D eigenvalue weighted by atomic mass is 10.1. The maximum Gasteiger partial charge on any atom is 0.363 e. The Morgan fingerprint density at radius 3 is 2.39 bits per heavy atom. The van der Waals surface area contributed by atoms with Crippen LogP contribution in [0.2, 0.25) is 0 Å². The number of nitriles is 2. The summed E-state index contributed by atoms with van der Waals surface area (Å²) in [4.78, 5) is 18.5. The first-order valence-electron chi connectivity index (χ1n) is 9.96. The molecule has 2 aromatic carbocycles. The van der Waals surface area contributed by atoms with Crippen LogP contribution in [0.15, 0.2) is 65.3 Å². The number of nitrogens with zero attached hydrogens (tertiary/aromatic N) is 4. The van der Waals surface area contributed by atoms with Crippen molar-refractivity contribution in [1.82, 2.24) is 0 Å². The van der Waals surface area contributed by atoms with Crippen LogP contribution >= 0.6 is 0 Å². The molecule has 0 aliphatic carbocycles. The number of benzene rings is 2. The number of anilines is 1. The van der Waals surface area contributed by atoms with Crippen LogP contribution < -0.4 is 4.90 Å². The van der Waals surface area contributed by atoms with Crippen LogP contribution in [0.3, 0.4) is 0 Å². The van der Waals surface area contributed by atoms with Crippen molar-refractivity contribution in [2.24, 2.45) is 4.99 Å². The Balaban J connectivity index is 1.78. The van der Waals surface area contributed by atoms with E-state index in [1.807, 2.05) is 66.4 Å². The number of aryl methyl sites for hydroxylation is 1. The first-order chi connectivity index (χ1) is 15.1. The van der Waals surface area contributed by atoms with Crippen LogP contribution in [-0.4, -0.2) is 25.0 Å². The van der Waals surface area contributed by atoms with E-state index in [-0.39, 0.29) is 11.6 Å². The van der Waals surface area contributed by atoms with Crippen molar-refractivity contribution < 1.29 is 9.53 Å². The molecule has 2 aromatic rings. The summed E-state index contributed by atoms with van der Waals surface area (Å²) in [5.74, 6) is -0.227. The Labute approximate surface area is 182 Å². The standard InChI is InChI=1S/C25H22N4O2/c1-19-17-22(29(15-5-13-26)16-6-14-27)11-10-21(19)18-23-25(30)31-24(28-23)12-9-20-7-3-2-4-8-20/h2-4,7-12,17-18H,5-6,15-16H2,1H3/b12-9+,23-18-. The highest BCUT2D eigenvalue weighted by Crippen LogP contribution is 2.24. The average Bonchev–Trinajstić information content (AvgIpc) is 3.14. The van der Waals surface area contributed by atoms with E-state index in [0.717, 1.165) is 22.4 Å². The molecule has 0 amide bonds. The summed E-state index contributed by atoms with van der Waals surface area (Å²) in [7, 11) is 0. The smallest absolute Gasteiger partial charge is 0.363 e. The lowest BCUT2D eigenvalue weighted by Crippen LogP contribution is -2.25. The highest BCUT2D eigenvalue weighted by atomic mass is 16.6. The summed E-state index contributed by atoms with van der Waals surface area (Å²) in [5, 5.41) is 17.8. The van der Waals surface area contributed by atoms with E-state index in [2.05, 4.69) is 17.1 Å². The van der Waals surface area contributed by atoms with Crippen molar-refractivity contribution in [3.8, 4) is 12.1 Å². The first-order valence-corrected chi connectivity index (χ1v) is 9.96. The molecule has 0 aromatic heterocycles. The fourth-order valence-corrected chi connectivity index (χ4v) is 3.13. The molecule has 0 saturated heterocycles. The number of carbonyl (C=O) groups is 1. The average molecular weight is 410 g/mol. The maximum atomic E-state index is 12.2. The van der Waals surface area contributed by atoms with Crippen LogP contribution in [0.4, 0.5) is 5.69 Å². The van der Waals surface area contributed by atoms with Gasteiger partial charge in [-0.2, -0.15) is 10.5 Å². The van der Waals surface area contributed by atoms with E-state index < -0.39 is 5.97 Å². The highest BCUT2D eigenvalue weighted by molar-refractivity contribution is 6.11. The number of carbonyl (C=O) groups excluding carboxylic acids is 1. The van der Waals surface area contributed by atoms with E-state index in [1.54, 1.807) is 12.2 Å². The van der Waals surface area contributed by atoms with E-state index >= 15 is 0 Å². The van der Waals surface area contributed by atoms with Crippen molar-refractivity contribution in [3.05, 3.63) is 77.0 Å². The summed E-state index contributed by atoms with van der Waals surface area (Å²) in [5.41, 5.74) is 3.99. The minimum absolute atomic E-state index is 0.245. The van der Waals surface area contributed by atoms with Gasteiger partial charge in [0.25, 0.3) is 0 Å². The van der Waals surface area contributed by atoms with Crippen molar-refractivity contribution in [2.75, 3.05) is 18.0 Å². The van der Waals surface area contributed by atoms with Gasteiger partial charge in [-0.15, -0.1) is 0 Å². The second kappa shape index (κ2) is 10.6. The van der Waals surface area contributed by atoms with Gasteiger partial charge in [-0.3, -0.25) is 0 Å². The van der Waals surface area contributed by atoms with Gasteiger partial charge in [-0.25, -0.2) is 9.79 Å². The molecule has 154 valence electrons. The summed E-state index contributed by atoms with van der Waals surface area (Å²) in [6, 6.07) is 19.8. The van der Waals surface area contributed by atoms with Crippen molar-refractivity contribution >= 4 is 29.7 Å². The number of hydrogen-bond donors (Lipinski definition) is 0. The second-order valence-corrected chi connectivity index (χ2v) is 6.96. The van der Waals surface area contributed by atoms with Crippen LogP contribution in [0, 0.1) is 29.6 Å². The third kappa shape index (κ3) is 5.91. The largest absolute Gasteiger partial charge is 0.403 e. The minimum Gasteiger partial charge on any atom is -0.403 e. The molecule has 0 saturated carbocycles. The second-order valence-electron chi connectivity index (χ2n) is 6.96. The molecule has 0 spiro atoms. The molecule has 0 fully saturated rings. The van der Waals surface area contributed by atoms with Gasteiger partial charge in [-0.1, -0.05) is 36.4 Å². The van der Waals surface area contributed by atoms with E-state index in [1.165, 1.54) is 0 Å². The molecular formula is C25H22N4O2. The van der Waals surface area contributed by atoms with Gasteiger partial charge in [0.1, 0.15) is 0 Å². The molecule has 31 heavy (non-hydrogen) atoms.